The van der Waals surface area contributed by atoms with Gasteiger partial charge < -0.3 is 4.43 Å². The standard InChI is InChI=1S/C13H29NO3Si/c1-8-10-12(11(9-2)14(15)16)17-18(6,7)13(3,4)5/h11-12H,8-10H2,1-7H3/t11-,12+/m0/s1. The molecule has 2 atom stereocenters. The first-order valence-electron chi connectivity index (χ1n) is 6.88. The van der Waals surface area contributed by atoms with Crippen LogP contribution in [-0.4, -0.2) is 25.4 Å². The molecule has 4 nitrogen and oxygen atoms in total. The fourth-order valence-corrected chi connectivity index (χ4v) is 3.10. The summed E-state index contributed by atoms with van der Waals surface area (Å²) in [4.78, 5) is 11.0. The van der Waals surface area contributed by atoms with Gasteiger partial charge in [0.15, 0.2) is 8.32 Å². The van der Waals surface area contributed by atoms with Crippen LogP contribution in [0.3, 0.4) is 0 Å². The first-order chi connectivity index (χ1) is 8.06. The second-order valence-electron chi connectivity index (χ2n) is 6.47. The maximum atomic E-state index is 11.1. The fourth-order valence-electron chi connectivity index (χ4n) is 1.72. The van der Waals surface area contributed by atoms with Gasteiger partial charge in [-0.25, -0.2) is 0 Å². The van der Waals surface area contributed by atoms with Crippen LogP contribution in [0.4, 0.5) is 0 Å². The molecule has 0 bridgehead atoms. The van der Waals surface area contributed by atoms with Gasteiger partial charge in [-0.15, -0.1) is 0 Å². The molecule has 0 rings (SSSR count). The summed E-state index contributed by atoms with van der Waals surface area (Å²) in [5.74, 6) is 0. The molecule has 0 radical (unpaired) electrons. The van der Waals surface area contributed by atoms with E-state index in [1.165, 1.54) is 0 Å². The second kappa shape index (κ2) is 6.66. The third-order valence-electron chi connectivity index (χ3n) is 3.94. The Morgan fingerprint density at radius 1 is 1.28 bits per heavy atom. The SMILES string of the molecule is CCC[C@@H](O[Si](C)(C)C(C)(C)C)[C@H](CC)[N+](=O)[O-]. The van der Waals surface area contributed by atoms with Gasteiger partial charge in [-0.1, -0.05) is 41.0 Å². The highest BCUT2D eigenvalue weighted by Gasteiger charge is 2.42. The van der Waals surface area contributed by atoms with E-state index in [0.717, 1.165) is 12.8 Å². The Kier molecular flexibility index (Phi) is 6.50. The van der Waals surface area contributed by atoms with Crippen molar-refractivity contribution < 1.29 is 9.35 Å². The molecule has 5 heteroatoms. The van der Waals surface area contributed by atoms with Crippen LogP contribution in [0, 0.1) is 10.1 Å². The zero-order chi connectivity index (χ0) is 14.6. The molecule has 0 saturated carbocycles. The first kappa shape index (κ1) is 17.6. The van der Waals surface area contributed by atoms with E-state index in [2.05, 4.69) is 40.8 Å². The van der Waals surface area contributed by atoms with Gasteiger partial charge in [0, 0.05) is 11.3 Å². The predicted octanol–water partition coefficient (Wildman–Crippen LogP) is 4.23. The zero-order valence-corrected chi connectivity index (χ0v) is 13.9. The maximum absolute atomic E-state index is 11.1. The lowest BCUT2D eigenvalue weighted by Gasteiger charge is -2.39. The molecule has 0 aromatic rings. The van der Waals surface area contributed by atoms with E-state index in [0.29, 0.717) is 6.42 Å². The molecule has 0 aromatic heterocycles. The Bertz CT molecular complexity index is 274. The topological polar surface area (TPSA) is 52.4 Å². The van der Waals surface area contributed by atoms with Crippen LogP contribution in [0.1, 0.15) is 53.9 Å². The summed E-state index contributed by atoms with van der Waals surface area (Å²) in [6, 6.07) is -0.570. The normalized spacial score (nSPS) is 16.4. The van der Waals surface area contributed by atoms with Gasteiger partial charge in [-0.05, 0) is 24.6 Å². The number of hydrogen-bond acceptors (Lipinski definition) is 3. The van der Waals surface area contributed by atoms with Crippen molar-refractivity contribution in [2.45, 2.75) is 84.2 Å². The highest BCUT2D eigenvalue weighted by atomic mass is 28.4. The Labute approximate surface area is 112 Å². The molecule has 0 amide bonds. The van der Waals surface area contributed by atoms with E-state index in [-0.39, 0.29) is 16.1 Å². The van der Waals surface area contributed by atoms with Crippen molar-refractivity contribution in [1.29, 1.82) is 0 Å². The van der Waals surface area contributed by atoms with Gasteiger partial charge in [0.25, 0.3) is 0 Å². The van der Waals surface area contributed by atoms with Crippen molar-refractivity contribution in [2.24, 2.45) is 0 Å². The van der Waals surface area contributed by atoms with Crippen molar-refractivity contribution >= 4 is 8.32 Å². The molecule has 0 heterocycles. The lowest BCUT2D eigenvalue weighted by atomic mass is 10.1. The largest absolute Gasteiger partial charge is 0.407 e. The van der Waals surface area contributed by atoms with Crippen LogP contribution in [-0.2, 0) is 4.43 Å². The number of nitro groups is 1. The van der Waals surface area contributed by atoms with Crippen molar-refractivity contribution in [3.05, 3.63) is 10.1 Å². The van der Waals surface area contributed by atoms with Crippen molar-refractivity contribution in [2.75, 3.05) is 0 Å². The highest BCUT2D eigenvalue weighted by Crippen LogP contribution is 2.38. The Hall–Kier alpha value is -0.423. The van der Waals surface area contributed by atoms with Gasteiger partial charge in [0.05, 0.1) is 0 Å². The van der Waals surface area contributed by atoms with Gasteiger partial charge in [0.1, 0.15) is 6.10 Å². The van der Waals surface area contributed by atoms with E-state index in [1.54, 1.807) is 0 Å². The van der Waals surface area contributed by atoms with E-state index in [4.69, 9.17) is 4.43 Å². The Balaban J connectivity index is 4.98. The third kappa shape index (κ3) is 4.69. The average Bonchev–Trinajstić information content (AvgIpc) is 2.15. The summed E-state index contributed by atoms with van der Waals surface area (Å²) >= 11 is 0. The minimum atomic E-state index is -1.93. The lowest BCUT2D eigenvalue weighted by Crippen LogP contribution is -2.48. The molecule has 0 unspecified atom stereocenters. The monoisotopic (exact) mass is 275 g/mol. The van der Waals surface area contributed by atoms with Crippen molar-refractivity contribution in [1.82, 2.24) is 0 Å². The first-order valence-corrected chi connectivity index (χ1v) is 9.79. The fraction of sp³-hybridized carbons (Fsp3) is 1.00. The number of nitrogens with zero attached hydrogens (tertiary/aromatic N) is 1. The van der Waals surface area contributed by atoms with E-state index >= 15 is 0 Å². The van der Waals surface area contributed by atoms with Crippen LogP contribution in [0.25, 0.3) is 0 Å². The van der Waals surface area contributed by atoms with Crippen LogP contribution in [0.5, 0.6) is 0 Å². The van der Waals surface area contributed by atoms with Crippen molar-refractivity contribution in [3.8, 4) is 0 Å². The van der Waals surface area contributed by atoms with Crippen LogP contribution in [0.2, 0.25) is 18.1 Å². The highest BCUT2D eigenvalue weighted by molar-refractivity contribution is 6.74. The minimum Gasteiger partial charge on any atom is -0.407 e. The third-order valence-corrected chi connectivity index (χ3v) is 8.45. The Morgan fingerprint density at radius 2 is 1.78 bits per heavy atom. The summed E-state index contributed by atoms with van der Waals surface area (Å²) < 4.78 is 6.25. The quantitative estimate of drug-likeness (QED) is 0.397. The van der Waals surface area contributed by atoms with Gasteiger partial charge in [-0.3, -0.25) is 10.1 Å². The molecule has 0 aromatic carbocycles. The molecule has 108 valence electrons. The molecule has 0 aliphatic rings. The molecular formula is C13H29NO3Si. The number of hydrogen-bond donors (Lipinski definition) is 0. The van der Waals surface area contributed by atoms with E-state index in [1.807, 2.05) is 6.92 Å². The van der Waals surface area contributed by atoms with E-state index in [9.17, 15) is 10.1 Å². The molecule has 0 aliphatic heterocycles. The molecule has 0 fully saturated rings. The lowest BCUT2D eigenvalue weighted by molar-refractivity contribution is -0.534. The van der Waals surface area contributed by atoms with E-state index < -0.39 is 14.4 Å². The summed E-state index contributed by atoms with van der Waals surface area (Å²) in [5.41, 5.74) is 0. The van der Waals surface area contributed by atoms with Crippen molar-refractivity contribution in [3.63, 3.8) is 0 Å². The van der Waals surface area contributed by atoms with Gasteiger partial charge in [-0.2, -0.15) is 0 Å². The summed E-state index contributed by atoms with van der Waals surface area (Å²) in [5, 5.41) is 11.2. The predicted molar refractivity (Wildman–Crippen MR) is 78.1 cm³/mol. The summed E-state index contributed by atoms with van der Waals surface area (Å²) in [6.45, 7) is 14.7. The van der Waals surface area contributed by atoms with Gasteiger partial charge >= 0.3 is 0 Å². The molecule has 0 saturated heterocycles. The summed E-state index contributed by atoms with van der Waals surface area (Å²) in [6.07, 6.45) is 1.98. The summed E-state index contributed by atoms with van der Waals surface area (Å²) in [7, 11) is -1.93. The van der Waals surface area contributed by atoms with Crippen LogP contribution < -0.4 is 0 Å². The minimum absolute atomic E-state index is 0.0912. The molecule has 18 heavy (non-hydrogen) atoms. The van der Waals surface area contributed by atoms with Gasteiger partial charge in [0.2, 0.25) is 6.04 Å². The zero-order valence-electron chi connectivity index (χ0n) is 12.9. The second-order valence-corrected chi connectivity index (χ2v) is 11.2. The average molecular weight is 275 g/mol. The molecule has 0 N–H and O–H groups in total. The molecule has 0 spiro atoms. The Morgan fingerprint density at radius 3 is 2.06 bits per heavy atom. The smallest absolute Gasteiger partial charge is 0.237 e. The van der Waals surface area contributed by atoms with Crippen LogP contribution in [0.15, 0.2) is 0 Å². The molecule has 0 aliphatic carbocycles. The molecular weight excluding hydrogens is 246 g/mol. The number of rotatable bonds is 7. The maximum Gasteiger partial charge on any atom is 0.237 e. The van der Waals surface area contributed by atoms with Crippen LogP contribution >= 0.6 is 0 Å².